The quantitative estimate of drug-likeness (QED) is 0.837. The van der Waals surface area contributed by atoms with Crippen molar-refractivity contribution in [3.63, 3.8) is 0 Å². The number of aliphatic hydroxyl groups excluding tert-OH is 1. The molecular weight excluding hydrogens is 302 g/mol. The third-order valence-electron chi connectivity index (χ3n) is 4.16. The number of rotatable bonds is 5. The summed E-state index contributed by atoms with van der Waals surface area (Å²) in [6, 6.07) is 6.17. The summed E-state index contributed by atoms with van der Waals surface area (Å²) in [7, 11) is -3.67. The minimum atomic E-state index is -3.67. The third kappa shape index (κ3) is 3.56. The monoisotopic (exact) mass is 325 g/mol. The minimum absolute atomic E-state index is 0.0858. The van der Waals surface area contributed by atoms with Crippen molar-refractivity contribution in [3.05, 3.63) is 29.8 Å². The number of aliphatic hydroxyl groups is 1. The number of carbonyl (C=O) groups is 1. The summed E-state index contributed by atoms with van der Waals surface area (Å²) in [4.78, 5) is 10.9. The molecule has 1 aliphatic heterocycles. The summed E-state index contributed by atoms with van der Waals surface area (Å²) in [5, 5.41) is 10.3. The highest BCUT2D eigenvalue weighted by atomic mass is 32.2. The zero-order valence-electron chi connectivity index (χ0n) is 13.0. The molecular formula is C16H23NO4S. The first-order valence-electron chi connectivity index (χ1n) is 7.56. The molecule has 22 heavy (non-hydrogen) atoms. The Morgan fingerprint density at radius 1 is 1.32 bits per heavy atom. The van der Waals surface area contributed by atoms with E-state index in [1.165, 1.54) is 4.31 Å². The number of aldehydes is 1. The Morgan fingerprint density at radius 2 is 1.95 bits per heavy atom. The zero-order valence-corrected chi connectivity index (χ0v) is 13.8. The normalized spacial score (nSPS) is 26.8. The van der Waals surface area contributed by atoms with Crippen LogP contribution in [0.5, 0.6) is 0 Å². The van der Waals surface area contributed by atoms with Crippen LogP contribution in [0.4, 0.5) is 0 Å². The topological polar surface area (TPSA) is 74.7 Å². The molecule has 1 aromatic rings. The maximum Gasteiger partial charge on any atom is 0.243 e. The van der Waals surface area contributed by atoms with Gasteiger partial charge in [0.2, 0.25) is 10.0 Å². The Kier molecular flexibility index (Phi) is 5.36. The van der Waals surface area contributed by atoms with Crippen molar-refractivity contribution in [2.45, 2.75) is 50.2 Å². The molecule has 0 amide bonds. The van der Waals surface area contributed by atoms with Crippen LogP contribution in [0.25, 0.3) is 0 Å². The number of benzene rings is 1. The first-order chi connectivity index (χ1) is 10.4. The largest absolute Gasteiger partial charge is 0.391 e. The van der Waals surface area contributed by atoms with E-state index in [1.54, 1.807) is 24.3 Å². The summed E-state index contributed by atoms with van der Waals surface area (Å²) in [6.45, 7) is 4.20. The van der Waals surface area contributed by atoms with Gasteiger partial charge in [0.05, 0.1) is 17.0 Å². The molecule has 0 aromatic heterocycles. The molecule has 1 aromatic carbocycles. The van der Waals surface area contributed by atoms with Crippen LogP contribution in [0.1, 0.15) is 31.7 Å². The Labute approximate surface area is 132 Å². The zero-order chi connectivity index (χ0) is 16.3. The maximum absolute atomic E-state index is 12.9. The smallest absolute Gasteiger partial charge is 0.243 e. The van der Waals surface area contributed by atoms with E-state index >= 15 is 0 Å². The summed E-state index contributed by atoms with van der Waals surface area (Å²) >= 11 is 0. The summed E-state index contributed by atoms with van der Waals surface area (Å²) < 4.78 is 27.2. The molecule has 0 spiro atoms. The lowest BCUT2D eigenvalue weighted by molar-refractivity contribution is -0.108. The predicted octanol–water partition coefficient (Wildman–Crippen LogP) is 1.73. The number of hydrogen-bond acceptors (Lipinski definition) is 4. The molecule has 0 saturated carbocycles. The second kappa shape index (κ2) is 6.89. The van der Waals surface area contributed by atoms with Crippen molar-refractivity contribution in [1.82, 2.24) is 4.31 Å². The average molecular weight is 325 g/mol. The molecule has 0 radical (unpaired) electrons. The van der Waals surface area contributed by atoms with E-state index < -0.39 is 22.2 Å². The second-order valence-electron chi connectivity index (χ2n) is 6.11. The van der Waals surface area contributed by atoms with Crippen LogP contribution in [0.2, 0.25) is 0 Å². The van der Waals surface area contributed by atoms with Crippen LogP contribution in [0, 0.1) is 12.8 Å². The molecule has 3 atom stereocenters. The number of sulfonamides is 1. The maximum atomic E-state index is 12.9. The molecule has 1 saturated heterocycles. The summed E-state index contributed by atoms with van der Waals surface area (Å²) in [5.74, 6) is 0.0858. The minimum Gasteiger partial charge on any atom is -0.391 e. The number of piperidine rings is 1. The van der Waals surface area contributed by atoms with Gasteiger partial charge < -0.3 is 9.90 Å². The van der Waals surface area contributed by atoms with Gasteiger partial charge in [-0.05, 0) is 37.8 Å². The summed E-state index contributed by atoms with van der Waals surface area (Å²) in [5.41, 5.74) is 0.989. The first-order valence-corrected chi connectivity index (χ1v) is 9.00. The van der Waals surface area contributed by atoms with E-state index in [1.807, 2.05) is 13.8 Å². The van der Waals surface area contributed by atoms with Gasteiger partial charge in [-0.15, -0.1) is 0 Å². The van der Waals surface area contributed by atoms with E-state index in [2.05, 4.69) is 0 Å². The number of carbonyl (C=O) groups excluding carboxylic acids is 1. The lowest BCUT2D eigenvalue weighted by Crippen LogP contribution is -2.53. The number of nitrogens with zero attached hydrogens (tertiary/aromatic N) is 1. The van der Waals surface area contributed by atoms with Crippen LogP contribution < -0.4 is 0 Å². The van der Waals surface area contributed by atoms with Crippen LogP contribution in [-0.2, 0) is 14.8 Å². The molecule has 5 nitrogen and oxygen atoms in total. The molecule has 1 fully saturated rings. The van der Waals surface area contributed by atoms with Crippen LogP contribution in [0.15, 0.2) is 29.2 Å². The molecule has 0 bridgehead atoms. The van der Waals surface area contributed by atoms with E-state index in [4.69, 9.17) is 0 Å². The molecule has 1 heterocycles. The SMILES string of the molecule is Cc1ccc(S(=O)(=O)N2C[C@@H](C)C[C@@H](O)[C@@H]2CCC=O)cc1. The fraction of sp³-hybridized carbons (Fsp3) is 0.562. The third-order valence-corrected chi connectivity index (χ3v) is 6.06. The molecule has 2 rings (SSSR count). The molecule has 1 N–H and O–H groups in total. The molecule has 0 unspecified atom stereocenters. The van der Waals surface area contributed by atoms with Crippen molar-refractivity contribution in [2.24, 2.45) is 5.92 Å². The van der Waals surface area contributed by atoms with Crippen LogP contribution in [-0.4, -0.2) is 42.8 Å². The van der Waals surface area contributed by atoms with Gasteiger partial charge >= 0.3 is 0 Å². The number of aryl methyl sites for hydroxylation is 1. The predicted molar refractivity (Wildman–Crippen MR) is 83.9 cm³/mol. The van der Waals surface area contributed by atoms with Crippen molar-refractivity contribution < 1.29 is 18.3 Å². The Balaban J connectivity index is 2.35. The standard InChI is InChI=1S/C16H23NO4S/c1-12-5-7-14(8-6-12)22(20,21)17-11-13(2)10-16(19)15(17)4-3-9-18/h5-9,13,15-16,19H,3-4,10-11H2,1-2H3/t13-,15-,16+/m0/s1. The van der Waals surface area contributed by atoms with Gasteiger partial charge in [-0.2, -0.15) is 4.31 Å². The molecule has 0 aliphatic carbocycles. The fourth-order valence-electron chi connectivity index (χ4n) is 2.98. The van der Waals surface area contributed by atoms with Crippen LogP contribution in [0.3, 0.4) is 0 Å². The van der Waals surface area contributed by atoms with Gasteiger partial charge in [-0.25, -0.2) is 8.42 Å². The van der Waals surface area contributed by atoms with E-state index in [0.29, 0.717) is 19.4 Å². The van der Waals surface area contributed by atoms with Gasteiger partial charge in [-0.3, -0.25) is 0 Å². The van der Waals surface area contributed by atoms with E-state index in [0.717, 1.165) is 11.8 Å². The fourth-order valence-corrected chi connectivity index (χ4v) is 4.78. The van der Waals surface area contributed by atoms with Crippen molar-refractivity contribution in [1.29, 1.82) is 0 Å². The van der Waals surface area contributed by atoms with Crippen LogP contribution >= 0.6 is 0 Å². The highest BCUT2D eigenvalue weighted by Gasteiger charge is 2.40. The molecule has 1 aliphatic rings. The van der Waals surface area contributed by atoms with Crippen molar-refractivity contribution >= 4 is 16.3 Å². The second-order valence-corrected chi connectivity index (χ2v) is 8.00. The van der Waals surface area contributed by atoms with Crippen molar-refractivity contribution in [3.8, 4) is 0 Å². The summed E-state index contributed by atoms with van der Waals surface area (Å²) in [6.07, 6.45) is 1.19. The van der Waals surface area contributed by atoms with E-state index in [-0.39, 0.29) is 17.2 Å². The lowest BCUT2D eigenvalue weighted by atomic mass is 9.91. The number of hydrogen-bond donors (Lipinski definition) is 1. The Hall–Kier alpha value is -1.24. The van der Waals surface area contributed by atoms with Gasteiger partial charge in [0.15, 0.2) is 0 Å². The molecule has 122 valence electrons. The van der Waals surface area contributed by atoms with Gasteiger partial charge in [0.25, 0.3) is 0 Å². The van der Waals surface area contributed by atoms with Gasteiger partial charge in [0.1, 0.15) is 6.29 Å². The Bertz CT molecular complexity index is 612. The van der Waals surface area contributed by atoms with E-state index in [9.17, 15) is 18.3 Å². The highest BCUT2D eigenvalue weighted by Crippen LogP contribution is 2.30. The molecule has 6 heteroatoms. The first kappa shape index (κ1) is 17.1. The highest BCUT2D eigenvalue weighted by molar-refractivity contribution is 7.89. The van der Waals surface area contributed by atoms with Crippen molar-refractivity contribution in [2.75, 3.05) is 6.54 Å². The van der Waals surface area contributed by atoms with Gasteiger partial charge in [-0.1, -0.05) is 24.6 Å². The average Bonchev–Trinajstić information content (AvgIpc) is 2.46. The lowest BCUT2D eigenvalue weighted by Gasteiger charge is -2.40. The Morgan fingerprint density at radius 3 is 2.55 bits per heavy atom. The van der Waals surface area contributed by atoms with Gasteiger partial charge in [0, 0.05) is 13.0 Å².